The molecule has 1 aliphatic heterocycles. The van der Waals surface area contributed by atoms with E-state index in [1.54, 1.807) is 46.0 Å². The van der Waals surface area contributed by atoms with Crippen LogP contribution in [0.5, 0.6) is 0 Å². The number of carbonyl (C=O) groups excluding carboxylic acids is 5. The number of hydrogen-bond acceptors (Lipinski definition) is 12. The van der Waals surface area contributed by atoms with Gasteiger partial charge in [-0.05, 0) is 76.8 Å². The molecule has 0 saturated carbocycles. The van der Waals surface area contributed by atoms with Gasteiger partial charge < -0.3 is 44.7 Å². The van der Waals surface area contributed by atoms with Crippen molar-refractivity contribution in [1.82, 2.24) is 35.6 Å². The van der Waals surface area contributed by atoms with E-state index in [2.05, 4.69) is 20.9 Å². The molecule has 0 bridgehead atoms. The largest absolute Gasteiger partial charge is 0.444 e. The molecule has 1 fully saturated rings. The summed E-state index contributed by atoms with van der Waals surface area (Å²) in [5.41, 5.74) is 0.462. The van der Waals surface area contributed by atoms with Crippen molar-refractivity contribution >= 4 is 41.2 Å². The summed E-state index contributed by atoms with van der Waals surface area (Å²) in [6, 6.07) is 6.96. The predicted molar refractivity (Wildman–Crippen MR) is 253 cm³/mol. The smallest absolute Gasteiger partial charge is 0.412 e. The van der Waals surface area contributed by atoms with Gasteiger partial charge in [-0.1, -0.05) is 85.2 Å². The maximum Gasteiger partial charge on any atom is 0.412 e. The normalized spacial score (nSPS) is 18.0. The van der Waals surface area contributed by atoms with Crippen molar-refractivity contribution in [2.45, 2.75) is 150 Å². The van der Waals surface area contributed by atoms with Gasteiger partial charge in [-0.15, -0.1) is 11.3 Å². The Labute approximate surface area is 392 Å². The number of methoxy groups -OCH3 is 2. The van der Waals surface area contributed by atoms with Crippen LogP contribution in [0.4, 0.5) is 9.59 Å². The molecule has 3 rings (SSSR count). The summed E-state index contributed by atoms with van der Waals surface area (Å²) < 4.78 is 23.4. The van der Waals surface area contributed by atoms with Crippen LogP contribution in [0.2, 0.25) is 0 Å². The third-order valence-electron chi connectivity index (χ3n) is 12.2. The molecule has 3 N–H and O–H groups in total. The molecule has 0 spiro atoms. The molecule has 1 aliphatic rings. The summed E-state index contributed by atoms with van der Waals surface area (Å²) in [7, 11) is 6.50. The van der Waals surface area contributed by atoms with Crippen molar-refractivity contribution in [1.29, 1.82) is 0 Å². The van der Waals surface area contributed by atoms with Gasteiger partial charge in [0.2, 0.25) is 24.0 Å². The Balaban J connectivity index is 1.74. The van der Waals surface area contributed by atoms with Gasteiger partial charge in [-0.2, -0.15) is 0 Å². The second-order valence-electron chi connectivity index (χ2n) is 19.0. The molecule has 0 aliphatic carbocycles. The van der Waals surface area contributed by atoms with Crippen LogP contribution in [-0.2, 0) is 39.8 Å². The summed E-state index contributed by atoms with van der Waals surface area (Å²) in [4.78, 5) is 78.5. The summed E-state index contributed by atoms with van der Waals surface area (Å²) in [5.74, 6) is -2.03. The van der Waals surface area contributed by atoms with Crippen molar-refractivity contribution in [3.05, 3.63) is 52.5 Å². The maximum absolute atomic E-state index is 14.5. The molecule has 1 saturated heterocycles. The fraction of sp³-hybridized carbons (Fsp3) is 0.708. The van der Waals surface area contributed by atoms with Gasteiger partial charge in [0.05, 0.1) is 36.2 Å². The topological polar surface area (TPSA) is 181 Å². The van der Waals surface area contributed by atoms with Gasteiger partial charge in [0.1, 0.15) is 16.7 Å². The van der Waals surface area contributed by atoms with Crippen LogP contribution in [0.1, 0.15) is 112 Å². The molecule has 17 heteroatoms. The summed E-state index contributed by atoms with van der Waals surface area (Å²) in [6.45, 7) is 20.1. The lowest BCUT2D eigenvalue weighted by atomic mass is 9.94. The zero-order valence-electron chi connectivity index (χ0n) is 41.4. The first kappa shape index (κ1) is 55.0. The van der Waals surface area contributed by atoms with E-state index in [0.29, 0.717) is 51.7 Å². The summed E-state index contributed by atoms with van der Waals surface area (Å²) in [5, 5.41) is 11.7. The Hall–Kier alpha value is -4.32. The van der Waals surface area contributed by atoms with Crippen LogP contribution in [-0.4, -0.2) is 140 Å². The lowest BCUT2D eigenvalue weighted by molar-refractivity contribution is -0.164. The highest BCUT2D eigenvalue weighted by molar-refractivity contribution is 7.09. The van der Waals surface area contributed by atoms with Gasteiger partial charge in [0.15, 0.2) is 0 Å². The predicted octanol–water partition coefficient (Wildman–Crippen LogP) is 6.65. The minimum atomic E-state index is -1.15. The number of nitrogens with one attached hydrogen (secondary N) is 3. The fourth-order valence-electron chi connectivity index (χ4n) is 8.56. The quantitative estimate of drug-likeness (QED) is 0.0758. The van der Waals surface area contributed by atoms with Gasteiger partial charge >= 0.3 is 12.2 Å². The molecule has 1 aromatic heterocycles. The number of likely N-dealkylation sites (tertiary alicyclic amines) is 1. The number of thiazole rings is 1. The van der Waals surface area contributed by atoms with Crippen LogP contribution < -0.4 is 16.0 Å². The van der Waals surface area contributed by atoms with E-state index in [0.717, 1.165) is 10.6 Å². The molecule has 366 valence electrons. The average molecular weight is 930 g/mol. The van der Waals surface area contributed by atoms with E-state index in [-0.39, 0.29) is 41.5 Å². The highest BCUT2D eigenvalue weighted by Gasteiger charge is 2.44. The number of likely N-dealkylation sites (N-methyl/N-ethyl adjacent to an activating group) is 2. The first-order valence-corrected chi connectivity index (χ1v) is 24.0. The maximum atomic E-state index is 14.5. The number of nitrogens with zero attached hydrogens (tertiary/aromatic N) is 4. The molecule has 0 unspecified atom stereocenters. The Kier molecular flexibility index (Phi) is 22.1. The van der Waals surface area contributed by atoms with E-state index in [1.165, 1.54) is 23.3 Å². The zero-order chi connectivity index (χ0) is 48.6. The fourth-order valence-corrected chi connectivity index (χ4v) is 9.25. The third-order valence-corrected chi connectivity index (χ3v) is 13.0. The number of carbonyl (C=O) groups is 5. The van der Waals surface area contributed by atoms with Gasteiger partial charge in [-0.3, -0.25) is 19.3 Å². The van der Waals surface area contributed by atoms with Crippen LogP contribution in [0.25, 0.3) is 0 Å². The van der Waals surface area contributed by atoms with Gasteiger partial charge in [-0.25, -0.2) is 14.6 Å². The van der Waals surface area contributed by atoms with Crippen molar-refractivity contribution < 1.29 is 42.9 Å². The molecular weight excluding hydrogens is 851 g/mol. The number of aromatic nitrogens is 1. The molecule has 0 radical (unpaired) electrons. The summed E-state index contributed by atoms with van der Waals surface area (Å²) in [6.07, 6.45) is 1.86. The Morgan fingerprint density at radius 3 is 2.17 bits per heavy atom. The third kappa shape index (κ3) is 16.2. The first-order valence-electron chi connectivity index (χ1n) is 23.2. The van der Waals surface area contributed by atoms with E-state index >= 15 is 0 Å². The van der Waals surface area contributed by atoms with Crippen LogP contribution in [0.15, 0.2) is 41.9 Å². The van der Waals surface area contributed by atoms with Gasteiger partial charge in [0, 0.05) is 52.5 Å². The molecule has 2 heterocycles. The molecule has 9 atom stereocenters. The summed E-state index contributed by atoms with van der Waals surface area (Å²) >= 11 is 1.48. The van der Waals surface area contributed by atoms with E-state index < -0.39 is 60.3 Å². The van der Waals surface area contributed by atoms with Gasteiger partial charge in [0.25, 0.3) is 0 Å². The SMILES string of the molecule is CC[C@H](C)[C@@H]([C@H](OC)OC(=O)N1CCC[C@H]1[C@H](OC)[C@@H](C)C(=O)N[C@@H](Cc1ccccc1)c1nccs1)N(C)C(=O)[C@@H](NC(=O)[C@H](C(C)C)N(C)CCCNC(=O)OC(C)(C)C)C(C)C. The second kappa shape index (κ2) is 26.1. The van der Waals surface area contributed by atoms with Crippen LogP contribution in [0.3, 0.4) is 0 Å². The number of alkyl carbamates (subject to hydrolysis) is 1. The minimum absolute atomic E-state index is 0.0887. The second-order valence-corrected chi connectivity index (χ2v) is 19.9. The van der Waals surface area contributed by atoms with E-state index in [1.807, 2.05) is 96.1 Å². The highest BCUT2D eigenvalue weighted by Crippen LogP contribution is 2.30. The molecule has 16 nitrogen and oxygen atoms in total. The van der Waals surface area contributed by atoms with Crippen molar-refractivity contribution in [3.8, 4) is 0 Å². The Morgan fingerprint density at radius 1 is 0.938 bits per heavy atom. The van der Waals surface area contributed by atoms with Crippen molar-refractivity contribution in [2.24, 2.45) is 23.7 Å². The van der Waals surface area contributed by atoms with Crippen LogP contribution >= 0.6 is 11.3 Å². The first-order chi connectivity index (χ1) is 30.6. The number of ether oxygens (including phenoxy) is 4. The van der Waals surface area contributed by atoms with E-state index in [4.69, 9.17) is 18.9 Å². The molecule has 1 aromatic carbocycles. The van der Waals surface area contributed by atoms with Crippen molar-refractivity contribution in [3.63, 3.8) is 0 Å². The standard InChI is InChI=1S/C48H79N7O9S/c1-15-32(6)39(54(12)44(58)37(30(2)3)52-42(57)38(31(4)5)53(11)26-20-24-50-46(59)64-48(8,9)10)45(62-14)63-47(60)55-27-19-23-36(55)40(61-13)33(7)41(56)51-35(43-49-25-28-65-43)29-34-21-17-16-18-22-34/h16-18,21-22,25,28,30-33,35-40,45H,15,19-20,23-24,26-27,29H2,1-14H3,(H,50,59)(H,51,56)(H,52,57)/t32-,33+,35-,36-,37-,38-,39-,40+,45+/m0/s1. The van der Waals surface area contributed by atoms with Crippen molar-refractivity contribution in [2.75, 3.05) is 47.9 Å². The minimum Gasteiger partial charge on any atom is -0.444 e. The monoisotopic (exact) mass is 930 g/mol. The molecular formula is C48H79N7O9S. The number of hydrogen-bond donors (Lipinski definition) is 3. The lowest BCUT2D eigenvalue weighted by Crippen LogP contribution is -2.60. The zero-order valence-corrected chi connectivity index (χ0v) is 42.2. The van der Waals surface area contributed by atoms with E-state index in [9.17, 15) is 24.0 Å². The van der Waals surface area contributed by atoms with Crippen LogP contribution in [0, 0.1) is 23.7 Å². The number of amides is 5. The lowest BCUT2D eigenvalue weighted by Gasteiger charge is -2.40. The number of benzene rings is 1. The molecule has 65 heavy (non-hydrogen) atoms. The Bertz CT molecular complexity index is 1780. The highest BCUT2D eigenvalue weighted by atomic mass is 32.1. The average Bonchev–Trinajstić information content (AvgIpc) is 3.97. The molecule has 5 amide bonds. The number of rotatable bonds is 24. The Morgan fingerprint density at radius 2 is 1.62 bits per heavy atom. The molecule has 2 aromatic rings.